The van der Waals surface area contributed by atoms with Crippen LogP contribution in [0.4, 0.5) is 5.69 Å². The highest BCUT2D eigenvalue weighted by Crippen LogP contribution is 2.22. The van der Waals surface area contributed by atoms with Gasteiger partial charge in [0.25, 0.3) is 0 Å². The van der Waals surface area contributed by atoms with Gasteiger partial charge in [-0.05, 0) is 70.1 Å². The second-order valence-electron chi connectivity index (χ2n) is 8.22. The molecule has 3 aromatic rings. The number of rotatable bonds is 10. The molecule has 0 saturated heterocycles. The smallest absolute Gasteiger partial charge is 0.244 e. The van der Waals surface area contributed by atoms with Gasteiger partial charge in [-0.15, -0.1) is 0 Å². The van der Waals surface area contributed by atoms with Crippen molar-refractivity contribution in [2.24, 2.45) is 0 Å². The zero-order valence-electron chi connectivity index (χ0n) is 19.9. The highest BCUT2D eigenvalue weighted by Gasteiger charge is 2.32. The number of hydrogen-bond acceptors (Lipinski definition) is 4. The van der Waals surface area contributed by atoms with Crippen LogP contribution in [-0.2, 0) is 32.6 Å². The topological polar surface area (TPSA) is 86.8 Å². The highest BCUT2D eigenvalue weighted by molar-refractivity contribution is 14.1. The van der Waals surface area contributed by atoms with Gasteiger partial charge in [-0.3, -0.25) is 13.9 Å². The molecule has 1 N–H and O–H groups in total. The largest absolute Gasteiger partial charge is 0.357 e. The van der Waals surface area contributed by atoms with E-state index in [1.165, 1.54) is 11.9 Å². The summed E-state index contributed by atoms with van der Waals surface area (Å²) in [5.74, 6) is -0.814. The molecule has 0 aromatic heterocycles. The number of likely N-dealkylation sites (N-methyl/N-ethyl adjacent to an activating group) is 1. The molecule has 0 saturated carbocycles. The number of sulfonamides is 1. The van der Waals surface area contributed by atoms with Crippen LogP contribution in [0.25, 0.3) is 0 Å². The van der Waals surface area contributed by atoms with Crippen molar-refractivity contribution in [2.45, 2.75) is 19.0 Å². The summed E-state index contributed by atoms with van der Waals surface area (Å²) in [4.78, 5) is 28.3. The van der Waals surface area contributed by atoms with Crippen molar-refractivity contribution in [1.82, 2.24) is 10.2 Å². The fraction of sp³-hybridized carbons (Fsp3) is 0.231. The average Bonchev–Trinajstić information content (AvgIpc) is 2.84. The predicted octanol–water partition coefficient (Wildman–Crippen LogP) is 4.21. The van der Waals surface area contributed by atoms with Gasteiger partial charge in [0.05, 0.1) is 11.9 Å². The van der Waals surface area contributed by atoms with Gasteiger partial charge in [0.2, 0.25) is 21.8 Å². The number of halogens is 2. The Morgan fingerprint density at radius 1 is 0.972 bits per heavy atom. The van der Waals surface area contributed by atoms with Crippen LogP contribution < -0.4 is 9.62 Å². The Kier molecular flexibility index (Phi) is 9.92. The average molecular weight is 684 g/mol. The maximum absolute atomic E-state index is 13.8. The first-order valence-electron chi connectivity index (χ1n) is 11.1. The Morgan fingerprint density at radius 2 is 1.61 bits per heavy atom. The van der Waals surface area contributed by atoms with Crippen molar-refractivity contribution >= 4 is 66.0 Å². The van der Waals surface area contributed by atoms with E-state index in [0.717, 1.165) is 29.7 Å². The van der Waals surface area contributed by atoms with Gasteiger partial charge < -0.3 is 10.2 Å². The summed E-state index contributed by atoms with van der Waals surface area (Å²) in [6.45, 7) is -0.302. The van der Waals surface area contributed by atoms with Crippen LogP contribution in [0.2, 0.25) is 0 Å². The molecule has 0 bridgehead atoms. The van der Waals surface area contributed by atoms with Crippen LogP contribution in [0.15, 0.2) is 83.3 Å². The zero-order valence-corrected chi connectivity index (χ0v) is 24.5. The summed E-state index contributed by atoms with van der Waals surface area (Å²) in [5.41, 5.74) is 2.07. The van der Waals surface area contributed by atoms with Crippen LogP contribution >= 0.6 is 38.5 Å². The third-order valence-electron chi connectivity index (χ3n) is 5.55. The first-order chi connectivity index (χ1) is 17.1. The van der Waals surface area contributed by atoms with Gasteiger partial charge in [-0.25, -0.2) is 8.42 Å². The molecule has 0 aliphatic heterocycles. The minimum absolute atomic E-state index is 0.132. The number of amides is 2. The summed E-state index contributed by atoms with van der Waals surface area (Å²) in [5, 5.41) is 2.66. The lowest BCUT2D eigenvalue weighted by atomic mass is 10.0. The van der Waals surface area contributed by atoms with Gasteiger partial charge in [-0.1, -0.05) is 58.4 Å². The third-order valence-corrected chi connectivity index (χ3v) is 7.91. The van der Waals surface area contributed by atoms with Crippen molar-refractivity contribution in [3.05, 3.63) is 98.0 Å². The minimum atomic E-state index is -3.77. The van der Waals surface area contributed by atoms with E-state index in [1.54, 1.807) is 24.3 Å². The molecule has 36 heavy (non-hydrogen) atoms. The number of carbonyl (C=O) groups is 2. The highest BCUT2D eigenvalue weighted by atomic mass is 127. The van der Waals surface area contributed by atoms with Crippen LogP contribution in [0, 0.1) is 3.57 Å². The number of benzene rings is 3. The standard InChI is InChI=1S/C26H27BrIN3O4S/c1-29-26(33)24(16-19-7-4-3-5-8-19)30(17-20-9-6-10-21(27)15-20)25(32)18-31(36(2,34)35)23-13-11-22(28)12-14-23/h3-15,24H,16-18H2,1-2H3,(H,29,33)/t24-/m0/s1. The van der Waals surface area contributed by atoms with E-state index in [4.69, 9.17) is 0 Å². The molecule has 0 unspecified atom stereocenters. The lowest BCUT2D eigenvalue weighted by Crippen LogP contribution is -2.52. The van der Waals surface area contributed by atoms with Crippen LogP contribution in [-0.4, -0.2) is 51.0 Å². The molecule has 10 heteroatoms. The number of nitrogens with zero attached hydrogens (tertiary/aromatic N) is 2. The summed E-state index contributed by atoms with van der Waals surface area (Å²) < 4.78 is 28.2. The molecule has 7 nitrogen and oxygen atoms in total. The van der Waals surface area contributed by atoms with E-state index < -0.39 is 28.5 Å². The second kappa shape index (κ2) is 12.7. The SMILES string of the molecule is CNC(=O)[C@H](Cc1ccccc1)N(Cc1cccc(Br)c1)C(=O)CN(c1ccc(I)cc1)S(C)(=O)=O. The van der Waals surface area contributed by atoms with E-state index in [9.17, 15) is 18.0 Å². The van der Waals surface area contributed by atoms with Crippen molar-refractivity contribution in [1.29, 1.82) is 0 Å². The van der Waals surface area contributed by atoms with Crippen LogP contribution in [0.1, 0.15) is 11.1 Å². The summed E-state index contributed by atoms with van der Waals surface area (Å²) >= 11 is 5.59. The van der Waals surface area contributed by atoms with Gasteiger partial charge in [0, 0.05) is 28.1 Å². The molecule has 0 fully saturated rings. The minimum Gasteiger partial charge on any atom is -0.357 e. The molecule has 0 aliphatic rings. The Hall–Kier alpha value is -2.44. The molecule has 3 rings (SSSR count). The Morgan fingerprint density at radius 3 is 2.19 bits per heavy atom. The number of nitrogens with one attached hydrogen (secondary N) is 1. The number of hydrogen-bond donors (Lipinski definition) is 1. The molecule has 190 valence electrons. The fourth-order valence-electron chi connectivity index (χ4n) is 3.77. The van der Waals surface area contributed by atoms with Gasteiger partial charge >= 0.3 is 0 Å². The lowest BCUT2D eigenvalue weighted by molar-refractivity contribution is -0.139. The maximum Gasteiger partial charge on any atom is 0.244 e. The second-order valence-corrected chi connectivity index (χ2v) is 12.3. The first kappa shape index (κ1) is 28.1. The van der Waals surface area contributed by atoms with E-state index in [0.29, 0.717) is 5.69 Å². The van der Waals surface area contributed by atoms with Gasteiger partial charge in [0.1, 0.15) is 12.6 Å². The molecule has 0 radical (unpaired) electrons. The molecule has 2 amide bonds. The van der Waals surface area contributed by atoms with Gasteiger partial charge in [-0.2, -0.15) is 0 Å². The molecule has 3 aromatic carbocycles. The molecule has 1 atom stereocenters. The summed E-state index contributed by atoms with van der Waals surface area (Å²) in [6.07, 6.45) is 1.35. The van der Waals surface area contributed by atoms with Crippen molar-refractivity contribution in [3.63, 3.8) is 0 Å². The Balaban J connectivity index is 2.02. The summed E-state index contributed by atoms with van der Waals surface area (Å²) in [7, 11) is -2.25. The lowest BCUT2D eigenvalue weighted by Gasteiger charge is -2.33. The van der Waals surface area contributed by atoms with E-state index in [1.807, 2.05) is 54.6 Å². The van der Waals surface area contributed by atoms with Crippen molar-refractivity contribution in [2.75, 3.05) is 24.2 Å². The third kappa shape index (κ3) is 7.78. The fourth-order valence-corrected chi connectivity index (χ4v) is 5.43. The predicted molar refractivity (Wildman–Crippen MR) is 154 cm³/mol. The molecular formula is C26H27BrIN3O4S. The van der Waals surface area contributed by atoms with Crippen molar-refractivity contribution < 1.29 is 18.0 Å². The monoisotopic (exact) mass is 683 g/mol. The quantitative estimate of drug-likeness (QED) is 0.325. The van der Waals surface area contributed by atoms with Crippen LogP contribution in [0.3, 0.4) is 0 Å². The normalized spacial score (nSPS) is 12.0. The van der Waals surface area contributed by atoms with E-state index >= 15 is 0 Å². The molecule has 0 aliphatic carbocycles. The van der Waals surface area contributed by atoms with E-state index in [2.05, 4.69) is 43.8 Å². The Labute approximate surface area is 234 Å². The van der Waals surface area contributed by atoms with E-state index in [-0.39, 0.29) is 18.9 Å². The molecular weight excluding hydrogens is 657 g/mol. The zero-order chi connectivity index (χ0) is 26.3. The van der Waals surface area contributed by atoms with Gasteiger partial charge in [0.15, 0.2) is 0 Å². The molecule has 0 heterocycles. The Bertz CT molecular complexity index is 1300. The van der Waals surface area contributed by atoms with Crippen LogP contribution in [0.5, 0.6) is 0 Å². The molecule has 0 spiro atoms. The maximum atomic E-state index is 13.8. The number of anilines is 1. The summed E-state index contributed by atoms with van der Waals surface area (Å²) in [6, 6.07) is 22.9. The first-order valence-corrected chi connectivity index (χ1v) is 14.8. The number of carbonyl (C=O) groups excluding carboxylic acids is 2. The van der Waals surface area contributed by atoms with Crippen molar-refractivity contribution in [3.8, 4) is 0 Å².